The molecule has 0 spiro atoms. The molecule has 0 saturated carbocycles. The number of carbonyl (C=O) groups is 1. The van der Waals surface area contributed by atoms with E-state index in [9.17, 15) is 9.59 Å². The number of aryl methyl sites for hydroxylation is 1. The number of ether oxygens (including phenoxy) is 1. The molecule has 0 fully saturated rings. The second-order valence-electron chi connectivity index (χ2n) is 5.98. The van der Waals surface area contributed by atoms with Crippen LogP contribution in [0, 0.1) is 6.92 Å². The Hall–Kier alpha value is -2.63. The number of carbonyl (C=O) groups excluding carboxylic acids is 1. The number of aromatic nitrogens is 2. The van der Waals surface area contributed by atoms with Crippen LogP contribution in [0.4, 0.5) is 0 Å². The maximum Gasteiger partial charge on any atom is 0.267 e. The highest BCUT2D eigenvalue weighted by atomic mass is 35.5. The summed E-state index contributed by atoms with van der Waals surface area (Å²) in [7, 11) is 1.52. The van der Waals surface area contributed by atoms with E-state index in [4.69, 9.17) is 27.9 Å². The van der Waals surface area contributed by atoms with E-state index in [1.54, 1.807) is 36.4 Å². The Morgan fingerprint density at radius 1 is 1.15 bits per heavy atom. The van der Waals surface area contributed by atoms with Crippen molar-refractivity contribution in [2.75, 3.05) is 7.11 Å². The Balaban J connectivity index is 2.04. The van der Waals surface area contributed by atoms with Crippen LogP contribution >= 0.6 is 23.2 Å². The SMILES string of the molecule is COc1ccc(C(=O)c2c(Cl)cc(C)cc2Cl)cc1Cn1ncccc1=O. The predicted molar refractivity (Wildman–Crippen MR) is 105 cm³/mol. The summed E-state index contributed by atoms with van der Waals surface area (Å²) in [5.41, 5.74) is 1.90. The molecule has 1 heterocycles. The highest BCUT2D eigenvalue weighted by Crippen LogP contribution is 2.30. The van der Waals surface area contributed by atoms with Gasteiger partial charge < -0.3 is 4.74 Å². The van der Waals surface area contributed by atoms with Crippen LogP contribution in [-0.4, -0.2) is 22.7 Å². The zero-order valence-corrected chi connectivity index (χ0v) is 16.2. The van der Waals surface area contributed by atoms with Gasteiger partial charge in [-0.15, -0.1) is 0 Å². The van der Waals surface area contributed by atoms with Crippen LogP contribution in [0.2, 0.25) is 10.0 Å². The number of nitrogens with zero attached hydrogens (tertiary/aromatic N) is 2. The molecule has 138 valence electrons. The fraction of sp³-hybridized carbons (Fsp3) is 0.150. The van der Waals surface area contributed by atoms with Gasteiger partial charge in [0.15, 0.2) is 5.78 Å². The fourth-order valence-electron chi connectivity index (χ4n) is 2.77. The Morgan fingerprint density at radius 3 is 2.48 bits per heavy atom. The molecule has 0 aliphatic rings. The van der Waals surface area contributed by atoms with Gasteiger partial charge in [0.25, 0.3) is 5.56 Å². The summed E-state index contributed by atoms with van der Waals surface area (Å²) >= 11 is 12.5. The van der Waals surface area contributed by atoms with E-state index in [0.29, 0.717) is 26.9 Å². The predicted octanol–water partition coefficient (Wildman–Crippen LogP) is 4.15. The van der Waals surface area contributed by atoms with Crippen molar-refractivity contribution in [3.63, 3.8) is 0 Å². The number of rotatable bonds is 5. The Bertz CT molecular complexity index is 1050. The van der Waals surface area contributed by atoms with Gasteiger partial charge in [-0.3, -0.25) is 9.59 Å². The third-order valence-corrected chi connectivity index (χ3v) is 4.66. The molecular formula is C20H16Cl2N2O3. The summed E-state index contributed by atoms with van der Waals surface area (Å²) in [5, 5.41) is 4.63. The first-order valence-electron chi connectivity index (χ1n) is 8.10. The molecule has 2 aromatic carbocycles. The quantitative estimate of drug-likeness (QED) is 0.601. The van der Waals surface area contributed by atoms with Crippen LogP contribution in [0.1, 0.15) is 27.0 Å². The average molecular weight is 403 g/mol. The van der Waals surface area contributed by atoms with Crippen molar-refractivity contribution in [2.45, 2.75) is 13.5 Å². The number of ketones is 1. The zero-order chi connectivity index (χ0) is 19.6. The Kier molecular flexibility index (Phi) is 5.63. The summed E-state index contributed by atoms with van der Waals surface area (Å²) in [4.78, 5) is 24.9. The lowest BCUT2D eigenvalue weighted by Gasteiger charge is -2.12. The van der Waals surface area contributed by atoms with Gasteiger partial charge in [-0.25, -0.2) is 4.68 Å². The van der Waals surface area contributed by atoms with E-state index in [-0.39, 0.29) is 23.5 Å². The Labute approximate surface area is 166 Å². The summed E-state index contributed by atoms with van der Waals surface area (Å²) in [5.74, 6) is 0.243. The molecule has 1 aromatic heterocycles. The van der Waals surface area contributed by atoms with Crippen molar-refractivity contribution in [1.29, 1.82) is 0 Å². The molecule has 7 heteroatoms. The molecule has 0 bridgehead atoms. The molecule has 0 aliphatic heterocycles. The second-order valence-corrected chi connectivity index (χ2v) is 6.79. The summed E-state index contributed by atoms with van der Waals surface area (Å²) in [6, 6.07) is 11.3. The van der Waals surface area contributed by atoms with Crippen molar-refractivity contribution in [3.05, 3.63) is 91.3 Å². The highest BCUT2D eigenvalue weighted by Gasteiger charge is 2.19. The zero-order valence-electron chi connectivity index (χ0n) is 14.7. The van der Waals surface area contributed by atoms with Crippen LogP contribution in [-0.2, 0) is 6.54 Å². The van der Waals surface area contributed by atoms with Gasteiger partial charge in [-0.05, 0) is 48.9 Å². The van der Waals surface area contributed by atoms with Crippen molar-refractivity contribution in [3.8, 4) is 5.75 Å². The van der Waals surface area contributed by atoms with Gasteiger partial charge in [0.1, 0.15) is 5.75 Å². The largest absolute Gasteiger partial charge is 0.496 e. The number of hydrogen-bond acceptors (Lipinski definition) is 4. The first-order chi connectivity index (χ1) is 12.9. The molecular weight excluding hydrogens is 387 g/mol. The molecule has 0 saturated heterocycles. The number of halogens is 2. The molecule has 0 aliphatic carbocycles. The maximum absolute atomic E-state index is 13.0. The van der Waals surface area contributed by atoms with Crippen molar-refractivity contribution >= 4 is 29.0 Å². The van der Waals surface area contributed by atoms with Crippen LogP contribution in [0.3, 0.4) is 0 Å². The standard InChI is InChI=1S/C20H16Cl2N2O3/c1-12-8-15(21)19(16(22)9-12)20(26)13-5-6-17(27-2)14(10-13)11-24-18(25)4-3-7-23-24/h3-10H,11H2,1-2H3. The molecule has 0 radical (unpaired) electrons. The van der Waals surface area contributed by atoms with Gasteiger partial charge in [0.05, 0.1) is 29.3 Å². The molecule has 3 aromatic rings. The topological polar surface area (TPSA) is 61.2 Å². The molecule has 0 N–H and O–H groups in total. The van der Waals surface area contributed by atoms with Crippen LogP contribution < -0.4 is 10.3 Å². The van der Waals surface area contributed by atoms with E-state index in [1.165, 1.54) is 24.1 Å². The minimum atomic E-state index is -0.303. The van der Waals surface area contributed by atoms with E-state index in [0.717, 1.165) is 5.56 Å². The first kappa shape index (κ1) is 19.1. The van der Waals surface area contributed by atoms with E-state index in [2.05, 4.69) is 5.10 Å². The lowest BCUT2D eigenvalue weighted by Crippen LogP contribution is -2.22. The van der Waals surface area contributed by atoms with Gasteiger partial charge in [0, 0.05) is 23.4 Å². The summed E-state index contributed by atoms with van der Waals surface area (Å²) in [6.07, 6.45) is 1.52. The molecule has 0 unspecified atom stereocenters. The van der Waals surface area contributed by atoms with Gasteiger partial charge in [-0.2, -0.15) is 5.10 Å². The highest BCUT2D eigenvalue weighted by molar-refractivity contribution is 6.41. The number of benzene rings is 2. The van der Waals surface area contributed by atoms with Crippen LogP contribution in [0.25, 0.3) is 0 Å². The Morgan fingerprint density at radius 2 is 1.85 bits per heavy atom. The van der Waals surface area contributed by atoms with Crippen molar-refractivity contribution in [1.82, 2.24) is 9.78 Å². The van der Waals surface area contributed by atoms with Crippen molar-refractivity contribution in [2.24, 2.45) is 0 Å². The van der Waals surface area contributed by atoms with Crippen LogP contribution in [0.5, 0.6) is 5.75 Å². The number of methoxy groups -OCH3 is 1. The summed E-state index contributed by atoms with van der Waals surface area (Å²) < 4.78 is 6.64. The molecule has 0 atom stereocenters. The van der Waals surface area contributed by atoms with Gasteiger partial charge >= 0.3 is 0 Å². The molecule has 27 heavy (non-hydrogen) atoms. The maximum atomic E-state index is 13.0. The molecule has 0 amide bonds. The third kappa shape index (κ3) is 4.04. The van der Waals surface area contributed by atoms with Gasteiger partial charge in [-0.1, -0.05) is 23.2 Å². The lowest BCUT2D eigenvalue weighted by atomic mass is 9.99. The first-order valence-corrected chi connectivity index (χ1v) is 8.85. The average Bonchev–Trinajstić information content (AvgIpc) is 2.62. The van der Waals surface area contributed by atoms with Crippen molar-refractivity contribution < 1.29 is 9.53 Å². The third-order valence-electron chi connectivity index (χ3n) is 4.06. The fourth-order valence-corrected chi connectivity index (χ4v) is 3.54. The van der Waals surface area contributed by atoms with Gasteiger partial charge in [0.2, 0.25) is 0 Å². The monoisotopic (exact) mass is 402 g/mol. The molecule has 3 rings (SSSR count). The second kappa shape index (κ2) is 7.94. The molecule has 5 nitrogen and oxygen atoms in total. The van der Waals surface area contributed by atoms with E-state index < -0.39 is 0 Å². The van der Waals surface area contributed by atoms with Crippen LogP contribution in [0.15, 0.2) is 53.5 Å². The number of hydrogen-bond donors (Lipinski definition) is 0. The summed E-state index contributed by atoms with van der Waals surface area (Å²) in [6.45, 7) is 2.02. The lowest BCUT2D eigenvalue weighted by molar-refractivity contribution is 0.103. The van der Waals surface area contributed by atoms with E-state index >= 15 is 0 Å². The normalized spacial score (nSPS) is 10.7. The minimum Gasteiger partial charge on any atom is -0.496 e. The van der Waals surface area contributed by atoms with E-state index in [1.807, 2.05) is 6.92 Å². The smallest absolute Gasteiger partial charge is 0.267 e. The minimum absolute atomic E-state index is 0.166.